The maximum atomic E-state index is 14.1. The molecular formula is C19H16F3NO4. The van der Waals surface area contributed by atoms with Gasteiger partial charge in [-0.15, -0.1) is 0 Å². The molecule has 0 saturated carbocycles. The zero-order valence-corrected chi connectivity index (χ0v) is 14.3. The zero-order valence-electron chi connectivity index (χ0n) is 14.3. The van der Waals surface area contributed by atoms with E-state index in [-0.39, 0.29) is 6.61 Å². The number of amides is 2. The molecule has 1 aliphatic heterocycles. The molecule has 0 unspecified atom stereocenters. The minimum Gasteiger partial charge on any atom is -0.446 e. The molecule has 1 heterocycles. The van der Waals surface area contributed by atoms with Gasteiger partial charge >= 0.3 is 12.3 Å². The topological polar surface area (TPSA) is 55.8 Å². The van der Waals surface area contributed by atoms with Gasteiger partial charge in [0.05, 0.1) is 0 Å². The second kappa shape index (κ2) is 7.03. The highest BCUT2D eigenvalue weighted by Gasteiger charge is 2.66. The number of carbonyl (C=O) groups is 2. The SMILES string of the molecule is CO[C@@](C(=O)N1C(=O)OC[C@@H]1c1ccccc1)(c1ccccc1)C(F)(F)F. The van der Waals surface area contributed by atoms with Crippen LogP contribution in [-0.2, 0) is 19.9 Å². The van der Waals surface area contributed by atoms with Crippen LogP contribution in [0.5, 0.6) is 0 Å². The number of methoxy groups -OCH3 is 1. The van der Waals surface area contributed by atoms with Gasteiger partial charge < -0.3 is 9.47 Å². The van der Waals surface area contributed by atoms with E-state index in [0.717, 1.165) is 19.2 Å². The van der Waals surface area contributed by atoms with Crippen LogP contribution in [0.1, 0.15) is 17.2 Å². The highest BCUT2D eigenvalue weighted by molar-refractivity contribution is 5.99. The molecule has 0 spiro atoms. The standard InChI is InChI=1S/C19H16F3NO4/c1-26-18(19(20,21)22,14-10-6-3-7-11-14)16(24)23-15(12-27-17(23)25)13-8-4-2-5-9-13/h2-11,15H,12H2,1H3/t15-,18-/m1/s1. The number of imide groups is 1. The van der Waals surface area contributed by atoms with Crippen molar-refractivity contribution in [2.24, 2.45) is 0 Å². The van der Waals surface area contributed by atoms with Gasteiger partial charge in [0, 0.05) is 12.7 Å². The number of ether oxygens (including phenoxy) is 2. The molecule has 2 aromatic carbocycles. The van der Waals surface area contributed by atoms with Gasteiger partial charge in [-0.05, 0) is 5.56 Å². The molecule has 2 atom stereocenters. The molecule has 5 nitrogen and oxygen atoms in total. The van der Waals surface area contributed by atoms with Gasteiger partial charge in [0.25, 0.3) is 11.5 Å². The van der Waals surface area contributed by atoms with Crippen molar-refractivity contribution in [2.75, 3.05) is 13.7 Å². The number of benzene rings is 2. The van der Waals surface area contributed by atoms with E-state index in [1.807, 2.05) is 0 Å². The van der Waals surface area contributed by atoms with E-state index in [1.54, 1.807) is 30.3 Å². The number of carbonyl (C=O) groups excluding carboxylic acids is 2. The lowest BCUT2D eigenvalue weighted by atomic mass is 9.90. The van der Waals surface area contributed by atoms with Crippen LogP contribution in [0.25, 0.3) is 0 Å². The molecule has 0 bridgehead atoms. The fourth-order valence-electron chi connectivity index (χ4n) is 3.14. The number of nitrogens with zero attached hydrogens (tertiary/aromatic N) is 1. The Morgan fingerprint density at radius 1 is 1.07 bits per heavy atom. The van der Waals surface area contributed by atoms with Gasteiger partial charge in [0.1, 0.15) is 12.6 Å². The predicted molar refractivity (Wildman–Crippen MR) is 88.6 cm³/mol. The third-order valence-electron chi connectivity index (χ3n) is 4.46. The molecule has 0 radical (unpaired) electrons. The van der Waals surface area contributed by atoms with E-state index in [9.17, 15) is 22.8 Å². The summed E-state index contributed by atoms with van der Waals surface area (Å²) in [6.07, 6.45) is -6.25. The number of halogens is 3. The molecule has 2 amide bonds. The van der Waals surface area contributed by atoms with E-state index >= 15 is 0 Å². The number of alkyl halides is 3. The van der Waals surface area contributed by atoms with Crippen molar-refractivity contribution >= 4 is 12.0 Å². The quantitative estimate of drug-likeness (QED) is 0.811. The molecule has 0 aliphatic carbocycles. The van der Waals surface area contributed by atoms with Gasteiger partial charge in [0.2, 0.25) is 0 Å². The Morgan fingerprint density at radius 2 is 1.63 bits per heavy atom. The Labute approximate surface area is 153 Å². The first-order valence-corrected chi connectivity index (χ1v) is 8.05. The lowest BCUT2D eigenvalue weighted by Crippen LogP contribution is -2.57. The average Bonchev–Trinajstić information content (AvgIpc) is 3.04. The highest BCUT2D eigenvalue weighted by Crippen LogP contribution is 2.45. The average molecular weight is 379 g/mol. The summed E-state index contributed by atoms with van der Waals surface area (Å²) >= 11 is 0. The van der Waals surface area contributed by atoms with Crippen LogP contribution in [0.4, 0.5) is 18.0 Å². The first kappa shape index (κ1) is 18.9. The molecule has 0 aromatic heterocycles. The Hall–Kier alpha value is -2.87. The Bertz CT molecular complexity index is 826. The van der Waals surface area contributed by atoms with Crippen LogP contribution < -0.4 is 0 Å². The number of rotatable bonds is 4. The molecule has 0 N–H and O–H groups in total. The normalized spacial score (nSPS) is 19.5. The Balaban J connectivity index is 2.12. The van der Waals surface area contributed by atoms with E-state index in [4.69, 9.17) is 9.47 Å². The largest absolute Gasteiger partial charge is 0.446 e. The highest BCUT2D eigenvalue weighted by atomic mass is 19.4. The summed E-state index contributed by atoms with van der Waals surface area (Å²) in [4.78, 5) is 25.8. The Kier molecular flexibility index (Phi) is 4.93. The van der Waals surface area contributed by atoms with Crippen LogP contribution >= 0.6 is 0 Å². The minimum atomic E-state index is -5.11. The first-order chi connectivity index (χ1) is 12.8. The van der Waals surface area contributed by atoms with Crippen LogP contribution in [0.2, 0.25) is 0 Å². The number of hydrogen-bond acceptors (Lipinski definition) is 4. The number of hydrogen-bond donors (Lipinski definition) is 0. The second-order valence-corrected chi connectivity index (χ2v) is 5.93. The van der Waals surface area contributed by atoms with E-state index in [1.165, 1.54) is 18.2 Å². The summed E-state index contributed by atoms with van der Waals surface area (Å²) in [5.41, 5.74) is -3.27. The summed E-state index contributed by atoms with van der Waals surface area (Å²) in [6.45, 7) is -0.235. The minimum absolute atomic E-state index is 0.235. The van der Waals surface area contributed by atoms with E-state index in [0.29, 0.717) is 10.5 Å². The van der Waals surface area contributed by atoms with Crippen molar-refractivity contribution in [1.82, 2.24) is 4.90 Å². The molecule has 27 heavy (non-hydrogen) atoms. The number of cyclic esters (lactones) is 1. The maximum Gasteiger partial charge on any atom is 0.430 e. The van der Waals surface area contributed by atoms with Gasteiger partial charge in [-0.3, -0.25) is 4.79 Å². The van der Waals surface area contributed by atoms with Gasteiger partial charge in [0.15, 0.2) is 0 Å². The molecule has 1 fully saturated rings. The van der Waals surface area contributed by atoms with Crippen LogP contribution in [0, 0.1) is 0 Å². The van der Waals surface area contributed by atoms with E-state index in [2.05, 4.69) is 0 Å². The van der Waals surface area contributed by atoms with Crippen LogP contribution in [0.3, 0.4) is 0 Å². The summed E-state index contributed by atoms with van der Waals surface area (Å²) in [5.74, 6) is -1.54. The first-order valence-electron chi connectivity index (χ1n) is 8.05. The second-order valence-electron chi connectivity index (χ2n) is 5.93. The molecule has 1 aliphatic rings. The molecule has 142 valence electrons. The van der Waals surface area contributed by atoms with Crippen molar-refractivity contribution in [1.29, 1.82) is 0 Å². The third-order valence-corrected chi connectivity index (χ3v) is 4.46. The van der Waals surface area contributed by atoms with Crippen molar-refractivity contribution in [3.8, 4) is 0 Å². The van der Waals surface area contributed by atoms with Crippen LogP contribution in [0.15, 0.2) is 60.7 Å². The van der Waals surface area contributed by atoms with Crippen molar-refractivity contribution in [3.63, 3.8) is 0 Å². The van der Waals surface area contributed by atoms with Gasteiger partial charge in [-0.2, -0.15) is 13.2 Å². The molecule has 1 saturated heterocycles. The fraction of sp³-hybridized carbons (Fsp3) is 0.263. The molecular weight excluding hydrogens is 363 g/mol. The zero-order chi connectivity index (χ0) is 19.7. The van der Waals surface area contributed by atoms with E-state index < -0.39 is 35.4 Å². The Morgan fingerprint density at radius 3 is 2.15 bits per heavy atom. The van der Waals surface area contributed by atoms with Gasteiger partial charge in [-0.25, -0.2) is 9.69 Å². The molecule has 2 aromatic rings. The molecule has 3 rings (SSSR count). The predicted octanol–water partition coefficient (Wildman–Crippen LogP) is 3.81. The van der Waals surface area contributed by atoms with Crippen molar-refractivity contribution in [2.45, 2.75) is 17.8 Å². The lowest BCUT2D eigenvalue weighted by molar-refractivity contribution is -0.269. The van der Waals surface area contributed by atoms with Gasteiger partial charge in [-0.1, -0.05) is 60.7 Å². The van der Waals surface area contributed by atoms with Crippen molar-refractivity contribution < 1.29 is 32.2 Å². The molecule has 8 heteroatoms. The summed E-state index contributed by atoms with van der Waals surface area (Å²) in [5, 5.41) is 0. The fourth-order valence-corrected chi connectivity index (χ4v) is 3.14. The summed E-state index contributed by atoms with van der Waals surface area (Å²) < 4.78 is 51.9. The smallest absolute Gasteiger partial charge is 0.430 e. The lowest BCUT2D eigenvalue weighted by Gasteiger charge is -2.36. The summed E-state index contributed by atoms with van der Waals surface area (Å²) in [6, 6.07) is 13.8. The maximum absolute atomic E-state index is 14.1. The van der Waals surface area contributed by atoms with Crippen molar-refractivity contribution in [3.05, 3.63) is 71.8 Å². The van der Waals surface area contributed by atoms with Crippen LogP contribution in [-0.4, -0.2) is 36.8 Å². The third kappa shape index (κ3) is 3.06. The summed E-state index contributed by atoms with van der Waals surface area (Å²) in [7, 11) is 0.789. The monoisotopic (exact) mass is 379 g/mol.